The van der Waals surface area contributed by atoms with Gasteiger partial charge in [0.2, 0.25) is 0 Å². The van der Waals surface area contributed by atoms with Gasteiger partial charge in [-0.2, -0.15) is 0 Å². The molecule has 1 aromatic carbocycles. The fourth-order valence-corrected chi connectivity index (χ4v) is 1.85. The summed E-state index contributed by atoms with van der Waals surface area (Å²) in [5.74, 6) is 1.76. The molecule has 0 spiro atoms. The van der Waals surface area contributed by atoms with Crippen molar-refractivity contribution >= 4 is 15.9 Å². The first kappa shape index (κ1) is 12.2. The third-order valence-corrected chi connectivity index (χ3v) is 2.90. The molecule has 4 heteroatoms. The molecule has 1 aromatic heterocycles. The van der Waals surface area contributed by atoms with Gasteiger partial charge in [-0.3, -0.25) is 0 Å². The van der Waals surface area contributed by atoms with Crippen LogP contribution in [0.2, 0.25) is 0 Å². The molecular formula is C13H14BrNO2. The highest BCUT2D eigenvalue weighted by atomic mass is 79.9. The standard InChI is InChI=1S/C13H14BrNO2/c14-13-7-6-12(17-13)10(8-15)9-16-11-4-2-1-3-5-11/h1-7,10H,8-9,15H2. The predicted octanol–water partition coefficient (Wildman–Crippen LogP) is 3.16. The minimum absolute atomic E-state index is 0.0708. The Hall–Kier alpha value is -1.26. The molecule has 1 unspecified atom stereocenters. The molecule has 0 aliphatic rings. The van der Waals surface area contributed by atoms with Crippen LogP contribution in [0, 0.1) is 0 Å². The van der Waals surface area contributed by atoms with Crippen LogP contribution in [0.3, 0.4) is 0 Å². The number of furan rings is 1. The van der Waals surface area contributed by atoms with Crippen molar-refractivity contribution in [2.75, 3.05) is 13.2 Å². The van der Waals surface area contributed by atoms with Gasteiger partial charge in [-0.15, -0.1) is 0 Å². The maximum Gasteiger partial charge on any atom is 0.169 e. The molecule has 0 radical (unpaired) electrons. The second-order valence-corrected chi connectivity index (χ2v) is 4.48. The van der Waals surface area contributed by atoms with Gasteiger partial charge < -0.3 is 14.9 Å². The van der Waals surface area contributed by atoms with Gasteiger partial charge in [-0.05, 0) is 40.2 Å². The normalized spacial score (nSPS) is 12.4. The Morgan fingerprint density at radius 3 is 2.53 bits per heavy atom. The van der Waals surface area contributed by atoms with E-state index in [2.05, 4.69) is 15.9 Å². The molecule has 0 aliphatic carbocycles. The number of para-hydroxylation sites is 1. The van der Waals surface area contributed by atoms with E-state index in [-0.39, 0.29) is 5.92 Å². The number of ether oxygens (including phenoxy) is 1. The number of rotatable bonds is 5. The number of hydrogen-bond acceptors (Lipinski definition) is 3. The average Bonchev–Trinajstić information content (AvgIpc) is 2.78. The number of nitrogens with two attached hydrogens (primary N) is 1. The molecule has 0 saturated heterocycles. The zero-order valence-corrected chi connectivity index (χ0v) is 10.9. The highest BCUT2D eigenvalue weighted by Gasteiger charge is 2.14. The molecule has 2 N–H and O–H groups in total. The van der Waals surface area contributed by atoms with Crippen molar-refractivity contribution in [3.63, 3.8) is 0 Å². The fraction of sp³-hybridized carbons (Fsp3) is 0.231. The SMILES string of the molecule is NCC(COc1ccccc1)c1ccc(Br)o1. The van der Waals surface area contributed by atoms with Gasteiger partial charge in [0.15, 0.2) is 4.67 Å². The van der Waals surface area contributed by atoms with Crippen molar-refractivity contribution in [3.05, 3.63) is 52.9 Å². The number of benzene rings is 1. The third-order valence-electron chi connectivity index (χ3n) is 2.48. The minimum Gasteiger partial charge on any atom is -0.493 e. The highest BCUT2D eigenvalue weighted by molar-refractivity contribution is 9.10. The van der Waals surface area contributed by atoms with E-state index in [1.165, 1.54) is 0 Å². The molecule has 2 aromatic rings. The van der Waals surface area contributed by atoms with Crippen LogP contribution in [0.1, 0.15) is 11.7 Å². The van der Waals surface area contributed by atoms with Gasteiger partial charge >= 0.3 is 0 Å². The summed E-state index contributed by atoms with van der Waals surface area (Å²) in [5.41, 5.74) is 5.72. The first-order valence-electron chi connectivity index (χ1n) is 5.42. The predicted molar refractivity (Wildman–Crippen MR) is 70.1 cm³/mol. The quantitative estimate of drug-likeness (QED) is 0.922. The van der Waals surface area contributed by atoms with E-state index in [1.807, 2.05) is 42.5 Å². The summed E-state index contributed by atoms with van der Waals surface area (Å²) in [5, 5.41) is 0. The minimum atomic E-state index is 0.0708. The van der Waals surface area contributed by atoms with Crippen molar-refractivity contribution in [1.29, 1.82) is 0 Å². The molecule has 0 bridgehead atoms. The van der Waals surface area contributed by atoms with Crippen LogP contribution in [0.15, 0.2) is 51.6 Å². The molecule has 90 valence electrons. The van der Waals surface area contributed by atoms with Crippen LogP contribution >= 0.6 is 15.9 Å². The first-order valence-corrected chi connectivity index (χ1v) is 6.22. The van der Waals surface area contributed by atoms with E-state index in [9.17, 15) is 0 Å². The lowest BCUT2D eigenvalue weighted by Gasteiger charge is -2.13. The smallest absolute Gasteiger partial charge is 0.169 e. The number of halogens is 1. The van der Waals surface area contributed by atoms with Crippen LogP contribution in [0.5, 0.6) is 5.75 Å². The average molecular weight is 296 g/mol. The van der Waals surface area contributed by atoms with E-state index in [0.29, 0.717) is 17.8 Å². The largest absolute Gasteiger partial charge is 0.493 e. The molecule has 3 nitrogen and oxygen atoms in total. The Bertz CT molecular complexity index is 455. The van der Waals surface area contributed by atoms with E-state index in [0.717, 1.165) is 11.5 Å². The molecule has 17 heavy (non-hydrogen) atoms. The third kappa shape index (κ3) is 3.35. The Morgan fingerprint density at radius 2 is 1.94 bits per heavy atom. The summed E-state index contributed by atoms with van der Waals surface area (Å²) in [7, 11) is 0. The molecule has 0 saturated carbocycles. The van der Waals surface area contributed by atoms with Gasteiger partial charge in [-0.1, -0.05) is 18.2 Å². The van der Waals surface area contributed by atoms with Crippen LogP contribution in [0.25, 0.3) is 0 Å². The Morgan fingerprint density at radius 1 is 1.18 bits per heavy atom. The lowest BCUT2D eigenvalue weighted by atomic mass is 10.1. The van der Waals surface area contributed by atoms with Crippen molar-refractivity contribution in [3.8, 4) is 5.75 Å². The molecule has 2 rings (SSSR count). The Kier molecular flexibility index (Phi) is 4.23. The van der Waals surface area contributed by atoms with Crippen molar-refractivity contribution in [2.45, 2.75) is 5.92 Å². The topological polar surface area (TPSA) is 48.4 Å². The summed E-state index contributed by atoms with van der Waals surface area (Å²) in [6, 6.07) is 13.5. The monoisotopic (exact) mass is 295 g/mol. The van der Waals surface area contributed by atoms with E-state index >= 15 is 0 Å². The molecule has 0 aliphatic heterocycles. The second kappa shape index (κ2) is 5.89. The van der Waals surface area contributed by atoms with Crippen LogP contribution in [-0.4, -0.2) is 13.2 Å². The van der Waals surface area contributed by atoms with Crippen LogP contribution in [-0.2, 0) is 0 Å². The first-order chi connectivity index (χ1) is 8.29. The van der Waals surface area contributed by atoms with E-state index < -0.39 is 0 Å². The van der Waals surface area contributed by atoms with Gasteiger partial charge in [0.1, 0.15) is 11.5 Å². The summed E-state index contributed by atoms with van der Waals surface area (Å²) in [4.78, 5) is 0. The summed E-state index contributed by atoms with van der Waals surface area (Å²) >= 11 is 3.28. The fourth-order valence-electron chi connectivity index (χ4n) is 1.53. The van der Waals surface area contributed by atoms with Crippen molar-refractivity contribution in [1.82, 2.24) is 0 Å². The van der Waals surface area contributed by atoms with Crippen LogP contribution < -0.4 is 10.5 Å². The van der Waals surface area contributed by atoms with Gasteiger partial charge in [0.25, 0.3) is 0 Å². The molecule has 1 atom stereocenters. The van der Waals surface area contributed by atoms with Gasteiger partial charge in [0.05, 0.1) is 12.5 Å². The zero-order chi connectivity index (χ0) is 12.1. The Labute approximate surface area is 109 Å². The summed E-state index contributed by atoms with van der Waals surface area (Å²) in [6.45, 7) is 1.01. The maximum atomic E-state index is 5.72. The number of hydrogen-bond donors (Lipinski definition) is 1. The van der Waals surface area contributed by atoms with E-state index in [4.69, 9.17) is 14.9 Å². The highest BCUT2D eigenvalue weighted by Crippen LogP contribution is 2.22. The Balaban J connectivity index is 1.97. The van der Waals surface area contributed by atoms with Crippen LogP contribution in [0.4, 0.5) is 0 Å². The second-order valence-electron chi connectivity index (χ2n) is 3.70. The molecule has 0 amide bonds. The van der Waals surface area contributed by atoms with Crippen molar-refractivity contribution in [2.24, 2.45) is 5.73 Å². The molecule has 1 heterocycles. The molecular weight excluding hydrogens is 282 g/mol. The van der Waals surface area contributed by atoms with Gasteiger partial charge in [-0.25, -0.2) is 0 Å². The summed E-state index contributed by atoms with van der Waals surface area (Å²) in [6.07, 6.45) is 0. The maximum absolute atomic E-state index is 5.72. The van der Waals surface area contributed by atoms with Gasteiger partial charge in [0, 0.05) is 6.54 Å². The lowest BCUT2D eigenvalue weighted by Crippen LogP contribution is -2.19. The molecule has 0 fully saturated rings. The van der Waals surface area contributed by atoms with E-state index in [1.54, 1.807) is 0 Å². The lowest BCUT2D eigenvalue weighted by molar-refractivity contribution is 0.271. The summed E-state index contributed by atoms with van der Waals surface area (Å²) < 4.78 is 11.9. The van der Waals surface area contributed by atoms with Crippen molar-refractivity contribution < 1.29 is 9.15 Å². The zero-order valence-electron chi connectivity index (χ0n) is 9.30.